The molecule has 1 aliphatic rings. The Morgan fingerprint density at radius 3 is 2.85 bits per heavy atom. The highest BCUT2D eigenvalue weighted by Gasteiger charge is 2.21. The Balaban J connectivity index is 0.00000338. The van der Waals surface area contributed by atoms with Gasteiger partial charge in [-0.1, -0.05) is 19.0 Å². The molecule has 0 bridgehead atoms. The summed E-state index contributed by atoms with van der Waals surface area (Å²) < 4.78 is 11.0. The third kappa shape index (κ3) is 8.63. The van der Waals surface area contributed by atoms with Crippen LogP contribution >= 0.6 is 24.0 Å². The van der Waals surface area contributed by atoms with Gasteiger partial charge in [-0.25, -0.2) is 0 Å². The van der Waals surface area contributed by atoms with Crippen LogP contribution in [0.3, 0.4) is 0 Å². The Morgan fingerprint density at radius 2 is 2.19 bits per heavy atom. The average molecular weight is 480 g/mol. The van der Waals surface area contributed by atoms with Crippen LogP contribution in [0.2, 0.25) is 0 Å². The summed E-state index contributed by atoms with van der Waals surface area (Å²) in [5, 5.41) is 10.5. The van der Waals surface area contributed by atoms with E-state index < -0.39 is 0 Å². The predicted molar refractivity (Wildman–Crippen MR) is 113 cm³/mol. The minimum atomic E-state index is 0. The normalized spacial score (nSPS) is 18.7. The quantitative estimate of drug-likeness (QED) is 0.252. The maximum absolute atomic E-state index is 5.86. The Kier molecular flexibility index (Phi) is 11.1. The number of rotatable bonds is 8. The van der Waals surface area contributed by atoms with Gasteiger partial charge < -0.3 is 19.9 Å². The van der Waals surface area contributed by atoms with E-state index >= 15 is 0 Å². The second kappa shape index (κ2) is 12.4. The molecule has 2 heterocycles. The zero-order chi connectivity index (χ0) is 18.1. The van der Waals surface area contributed by atoms with Crippen LogP contribution in [-0.4, -0.2) is 73.5 Å². The van der Waals surface area contributed by atoms with E-state index in [9.17, 15) is 0 Å². The molecule has 0 aliphatic carbocycles. The molecule has 0 saturated carbocycles. The predicted octanol–water partition coefficient (Wildman–Crippen LogP) is 1.45. The van der Waals surface area contributed by atoms with Crippen molar-refractivity contribution in [2.24, 2.45) is 10.9 Å². The van der Waals surface area contributed by atoms with Crippen molar-refractivity contribution in [2.75, 3.05) is 46.4 Å². The molecule has 2 rings (SSSR count). The van der Waals surface area contributed by atoms with Gasteiger partial charge in [0.05, 0.1) is 12.7 Å². The smallest absolute Gasteiger partial charge is 0.226 e. The van der Waals surface area contributed by atoms with E-state index in [1.807, 2.05) is 6.92 Å². The summed E-state index contributed by atoms with van der Waals surface area (Å²) in [6, 6.07) is 0. The first-order valence-corrected chi connectivity index (χ1v) is 9.14. The molecule has 0 amide bonds. The van der Waals surface area contributed by atoms with Gasteiger partial charge in [-0.05, 0) is 19.3 Å². The van der Waals surface area contributed by atoms with Gasteiger partial charge in [-0.15, -0.1) is 24.0 Å². The number of halogens is 1. The molecular formula is C17H33IN6O2. The van der Waals surface area contributed by atoms with Crippen LogP contribution < -0.4 is 10.6 Å². The lowest BCUT2D eigenvalue weighted by atomic mass is 10.2. The number of aliphatic imine (C=N–C) groups is 1. The second-order valence-electron chi connectivity index (χ2n) is 6.86. The Hall–Kier alpha value is -0.940. The van der Waals surface area contributed by atoms with E-state index in [1.54, 1.807) is 7.05 Å². The molecule has 2 N–H and O–H groups in total. The summed E-state index contributed by atoms with van der Waals surface area (Å²) >= 11 is 0. The Morgan fingerprint density at radius 1 is 1.38 bits per heavy atom. The third-order valence-electron chi connectivity index (χ3n) is 4.00. The Labute approximate surface area is 173 Å². The van der Waals surface area contributed by atoms with Crippen molar-refractivity contribution in [2.45, 2.75) is 39.7 Å². The van der Waals surface area contributed by atoms with Crippen LogP contribution in [0.1, 0.15) is 32.0 Å². The molecule has 8 nitrogen and oxygen atoms in total. The Bertz CT molecular complexity index is 537. The summed E-state index contributed by atoms with van der Waals surface area (Å²) in [4.78, 5) is 10.9. The van der Waals surface area contributed by atoms with Crippen LogP contribution in [0.4, 0.5) is 0 Å². The van der Waals surface area contributed by atoms with Gasteiger partial charge in [-0.3, -0.25) is 9.89 Å². The SMILES string of the molecule is CN=C(NCCCc1nc(C)no1)NCC1CN(CC(C)C)CCO1.I. The summed E-state index contributed by atoms with van der Waals surface area (Å²) in [5.41, 5.74) is 0. The number of aromatic nitrogens is 2. The van der Waals surface area contributed by atoms with Gasteiger partial charge >= 0.3 is 0 Å². The highest BCUT2D eigenvalue weighted by Crippen LogP contribution is 2.07. The summed E-state index contributed by atoms with van der Waals surface area (Å²) in [7, 11) is 1.78. The van der Waals surface area contributed by atoms with Crippen LogP contribution in [0.5, 0.6) is 0 Å². The fourth-order valence-electron chi connectivity index (χ4n) is 2.91. The van der Waals surface area contributed by atoms with Crippen molar-refractivity contribution in [1.82, 2.24) is 25.7 Å². The number of morpholine rings is 1. The lowest BCUT2D eigenvalue weighted by Crippen LogP contribution is -2.50. The fraction of sp³-hybridized carbons (Fsp3) is 0.824. The largest absolute Gasteiger partial charge is 0.374 e. The van der Waals surface area contributed by atoms with Gasteiger partial charge in [-0.2, -0.15) is 4.98 Å². The van der Waals surface area contributed by atoms with Gasteiger partial charge in [0.25, 0.3) is 0 Å². The summed E-state index contributed by atoms with van der Waals surface area (Å²) in [5.74, 6) is 2.84. The van der Waals surface area contributed by atoms with E-state index in [1.165, 1.54) is 0 Å². The monoisotopic (exact) mass is 480 g/mol. The molecule has 0 spiro atoms. The topological polar surface area (TPSA) is 87.8 Å². The number of hydrogen-bond donors (Lipinski definition) is 2. The molecule has 1 fully saturated rings. The molecule has 9 heteroatoms. The summed E-state index contributed by atoms with van der Waals surface area (Å²) in [6.07, 6.45) is 1.87. The highest BCUT2D eigenvalue weighted by atomic mass is 127. The molecule has 1 unspecified atom stereocenters. The molecule has 26 heavy (non-hydrogen) atoms. The van der Waals surface area contributed by atoms with Crippen molar-refractivity contribution in [1.29, 1.82) is 0 Å². The molecule has 1 saturated heterocycles. The summed E-state index contributed by atoms with van der Waals surface area (Å²) in [6.45, 7) is 11.8. The molecule has 1 aliphatic heterocycles. The second-order valence-corrected chi connectivity index (χ2v) is 6.86. The van der Waals surface area contributed by atoms with Crippen molar-refractivity contribution in [3.8, 4) is 0 Å². The molecule has 150 valence electrons. The van der Waals surface area contributed by atoms with E-state index in [2.05, 4.69) is 44.5 Å². The lowest BCUT2D eigenvalue weighted by Gasteiger charge is -2.34. The van der Waals surface area contributed by atoms with E-state index in [4.69, 9.17) is 9.26 Å². The molecule has 1 atom stereocenters. The van der Waals surface area contributed by atoms with Gasteiger partial charge in [0, 0.05) is 46.2 Å². The maximum atomic E-state index is 5.86. The van der Waals surface area contributed by atoms with Crippen molar-refractivity contribution < 1.29 is 9.26 Å². The van der Waals surface area contributed by atoms with E-state index in [0.29, 0.717) is 17.6 Å². The lowest BCUT2D eigenvalue weighted by molar-refractivity contribution is -0.0284. The van der Waals surface area contributed by atoms with E-state index in [-0.39, 0.29) is 30.1 Å². The average Bonchev–Trinajstić information content (AvgIpc) is 2.99. The minimum Gasteiger partial charge on any atom is -0.374 e. The van der Waals surface area contributed by atoms with Gasteiger partial charge in [0.15, 0.2) is 11.8 Å². The van der Waals surface area contributed by atoms with Crippen molar-refractivity contribution >= 4 is 29.9 Å². The van der Waals surface area contributed by atoms with Crippen LogP contribution in [0.15, 0.2) is 9.52 Å². The fourth-order valence-corrected chi connectivity index (χ4v) is 2.91. The molecule has 0 aromatic carbocycles. The van der Waals surface area contributed by atoms with Gasteiger partial charge in [0.1, 0.15) is 0 Å². The first kappa shape index (κ1) is 23.1. The van der Waals surface area contributed by atoms with Crippen LogP contribution in [-0.2, 0) is 11.2 Å². The third-order valence-corrected chi connectivity index (χ3v) is 4.00. The number of guanidine groups is 1. The number of ether oxygens (including phenoxy) is 1. The number of aryl methyl sites for hydroxylation is 2. The highest BCUT2D eigenvalue weighted by molar-refractivity contribution is 14.0. The molecule has 0 radical (unpaired) electrons. The first-order chi connectivity index (χ1) is 12.1. The molecular weight excluding hydrogens is 447 g/mol. The molecule has 1 aromatic rings. The first-order valence-electron chi connectivity index (χ1n) is 9.14. The van der Waals surface area contributed by atoms with Gasteiger partial charge in [0.2, 0.25) is 5.89 Å². The van der Waals surface area contributed by atoms with E-state index in [0.717, 1.165) is 58.1 Å². The standard InChI is InChI=1S/C17H32N6O2.HI/c1-13(2)11-23-8-9-24-15(12-23)10-20-17(18-4)19-7-5-6-16-21-14(3)22-25-16;/h13,15H,5-12H2,1-4H3,(H2,18,19,20);1H. The van der Waals surface area contributed by atoms with Crippen molar-refractivity contribution in [3.05, 3.63) is 11.7 Å². The zero-order valence-corrected chi connectivity index (χ0v) is 18.7. The number of nitrogens with zero attached hydrogens (tertiary/aromatic N) is 4. The van der Waals surface area contributed by atoms with Crippen LogP contribution in [0.25, 0.3) is 0 Å². The number of hydrogen-bond acceptors (Lipinski definition) is 6. The molecule has 1 aromatic heterocycles. The maximum Gasteiger partial charge on any atom is 0.226 e. The van der Waals surface area contributed by atoms with Crippen molar-refractivity contribution in [3.63, 3.8) is 0 Å². The van der Waals surface area contributed by atoms with Crippen LogP contribution in [0, 0.1) is 12.8 Å². The minimum absolute atomic E-state index is 0. The zero-order valence-electron chi connectivity index (χ0n) is 16.3. The number of nitrogens with one attached hydrogen (secondary N) is 2.